The Balaban J connectivity index is 2.47. The molecule has 0 N–H and O–H groups in total. The molecule has 0 amide bonds. The highest BCUT2D eigenvalue weighted by Gasteiger charge is 2.04. The van der Waals surface area contributed by atoms with E-state index in [0.717, 1.165) is 5.56 Å². The van der Waals surface area contributed by atoms with E-state index in [9.17, 15) is 0 Å². The van der Waals surface area contributed by atoms with Crippen LogP contribution in [0.2, 0.25) is 5.02 Å². The minimum Gasteiger partial charge on any atom is -0.235 e. The van der Waals surface area contributed by atoms with E-state index in [4.69, 9.17) is 16.9 Å². The van der Waals surface area contributed by atoms with Crippen molar-refractivity contribution < 1.29 is 0 Å². The van der Waals surface area contributed by atoms with Crippen LogP contribution in [0.3, 0.4) is 0 Å². The summed E-state index contributed by atoms with van der Waals surface area (Å²) in [6.07, 6.45) is 2.96. The number of halogens is 1. The first-order valence-corrected chi connectivity index (χ1v) is 4.66. The van der Waals surface area contributed by atoms with E-state index in [0.29, 0.717) is 16.4 Å². The molecule has 0 unspecified atom stereocenters. The third kappa shape index (κ3) is 1.95. The minimum atomic E-state index is 0.436. The SMILES string of the molecule is N#Cc1cnc(-c2ccccc2Cl)nc1. The topological polar surface area (TPSA) is 49.6 Å². The van der Waals surface area contributed by atoms with E-state index < -0.39 is 0 Å². The van der Waals surface area contributed by atoms with Crippen molar-refractivity contribution in [1.82, 2.24) is 9.97 Å². The number of hydrogen-bond donors (Lipinski definition) is 0. The summed E-state index contributed by atoms with van der Waals surface area (Å²) in [6, 6.07) is 9.28. The van der Waals surface area contributed by atoms with Crippen molar-refractivity contribution in [1.29, 1.82) is 5.26 Å². The molecule has 0 saturated heterocycles. The highest BCUT2D eigenvalue weighted by atomic mass is 35.5. The third-order valence-corrected chi connectivity index (χ3v) is 2.23. The zero-order chi connectivity index (χ0) is 10.7. The number of hydrogen-bond acceptors (Lipinski definition) is 3. The summed E-state index contributed by atoms with van der Waals surface area (Å²) in [5.74, 6) is 0.527. The van der Waals surface area contributed by atoms with Gasteiger partial charge in [-0.1, -0.05) is 23.7 Å². The van der Waals surface area contributed by atoms with Gasteiger partial charge in [-0.3, -0.25) is 0 Å². The van der Waals surface area contributed by atoms with Crippen LogP contribution in [0.25, 0.3) is 11.4 Å². The lowest BCUT2D eigenvalue weighted by Crippen LogP contribution is -1.90. The maximum atomic E-state index is 8.60. The quantitative estimate of drug-likeness (QED) is 0.735. The van der Waals surface area contributed by atoms with E-state index in [1.54, 1.807) is 6.07 Å². The van der Waals surface area contributed by atoms with Gasteiger partial charge in [-0.2, -0.15) is 5.26 Å². The first-order chi connectivity index (χ1) is 7.31. The fourth-order valence-corrected chi connectivity index (χ4v) is 1.39. The first-order valence-electron chi connectivity index (χ1n) is 4.28. The van der Waals surface area contributed by atoms with Crippen LogP contribution >= 0.6 is 11.6 Å². The van der Waals surface area contributed by atoms with Gasteiger partial charge in [0.05, 0.1) is 10.6 Å². The number of rotatable bonds is 1. The molecule has 72 valence electrons. The second kappa shape index (κ2) is 4.07. The van der Waals surface area contributed by atoms with Crippen molar-refractivity contribution in [3.63, 3.8) is 0 Å². The second-order valence-corrected chi connectivity index (χ2v) is 3.29. The predicted molar refractivity (Wildman–Crippen MR) is 57.2 cm³/mol. The lowest BCUT2D eigenvalue weighted by Gasteiger charge is -2.01. The fourth-order valence-electron chi connectivity index (χ4n) is 1.17. The van der Waals surface area contributed by atoms with Crippen LogP contribution in [0.4, 0.5) is 0 Å². The molecule has 0 saturated carbocycles. The average Bonchev–Trinajstić information content (AvgIpc) is 2.30. The Kier molecular flexibility index (Phi) is 2.61. The molecular weight excluding hydrogens is 210 g/mol. The molecule has 1 aromatic carbocycles. The maximum Gasteiger partial charge on any atom is 0.160 e. The van der Waals surface area contributed by atoms with Crippen LogP contribution in [0.5, 0.6) is 0 Å². The molecule has 0 fully saturated rings. The van der Waals surface area contributed by atoms with Gasteiger partial charge in [-0.15, -0.1) is 0 Å². The molecule has 2 aromatic rings. The molecule has 3 nitrogen and oxygen atoms in total. The Bertz CT molecular complexity index is 514. The molecule has 0 aliphatic carbocycles. The molecule has 0 spiro atoms. The van der Waals surface area contributed by atoms with Crippen LogP contribution in [-0.2, 0) is 0 Å². The monoisotopic (exact) mass is 215 g/mol. The minimum absolute atomic E-state index is 0.436. The highest BCUT2D eigenvalue weighted by molar-refractivity contribution is 6.33. The molecule has 4 heteroatoms. The Labute approximate surface area is 92.0 Å². The fraction of sp³-hybridized carbons (Fsp3) is 0. The molecule has 0 bridgehead atoms. The van der Waals surface area contributed by atoms with Gasteiger partial charge < -0.3 is 0 Å². The summed E-state index contributed by atoms with van der Waals surface area (Å²) in [6.45, 7) is 0. The van der Waals surface area contributed by atoms with Gasteiger partial charge in [0.1, 0.15) is 6.07 Å². The van der Waals surface area contributed by atoms with Gasteiger partial charge in [-0.25, -0.2) is 9.97 Å². The Morgan fingerprint density at radius 3 is 2.40 bits per heavy atom. The molecule has 0 aliphatic heterocycles. The standard InChI is InChI=1S/C11H6ClN3/c12-10-4-2-1-3-9(10)11-14-6-8(5-13)7-15-11/h1-4,6-7H. The van der Waals surface area contributed by atoms with E-state index in [1.165, 1.54) is 12.4 Å². The zero-order valence-corrected chi connectivity index (χ0v) is 8.44. The second-order valence-electron chi connectivity index (χ2n) is 2.89. The molecule has 0 aliphatic rings. The van der Waals surface area contributed by atoms with E-state index >= 15 is 0 Å². The molecular formula is C11H6ClN3. The highest BCUT2D eigenvalue weighted by Crippen LogP contribution is 2.23. The number of nitriles is 1. The molecule has 2 rings (SSSR count). The summed E-state index contributed by atoms with van der Waals surface area (Å²) >= 11 is 5.99. The van der Waals surface area contributed by atoms with Gasteiger partial charge in [0.15, 0.2) is 5.82 Å². The molecule has 0 atom stereocenters. The molecule has 1 aromatic heterocycles. The molecule has 15 heavy (non-hydrogen) atoms. The van der Waals surface area contributed by atoms with E-state index in [1.807, 2.05) is 24.3 Å². The van der Waals surface area contributed by atoms with Crippen molar-refractivity contribution in [2.75, 3.05) is 0 Å². The van der Waals surface area contributed by atoms with Gasteiger partial charge in [0, 0.05) is 18.0 Å². The lowest BCUT2D eigenvalue weighted by molar-refractivity contribution is 1.16. The average molecular weight is 216 g/mol. The van der Waals surface area contributed by atoms with Crippen molar-refractivity contribution >= 4 is 11.6 Å². The van der Waals surface area contributed by atoms with Crippen LogP contribution in [0, 0.1) is 11.3 Å². The summed E-state index contributed by atoms with van der Waals surface area (Å²) in [7, 11) is 0. The summed E-state index contributed by atoms with van der Waals surface area (Å²) in [4.78, 5) is 8.13. The Morgan fingerprint density at radius 2 is 1.80 bits per heavy atom. The number of benzene rings is 1. The van der Waals surface area contributed by atoms with Crippen LogP contribution in [-0.4, -0.2) is 9.97 Å². The normalized spacial score (nSPS) is 9.60. The summed E-state index contributed by atoms with van der Waals surface area (Å²) in [5, 5.41) is 9.20. The van der Waals surface area contributed by atoms with Crippen LogP contribution < -0.4 is 0 Å². The first kappa shape index (κ1) is 9.63. The van der Waals surface area contributed by atoms with Gasteiger partial charge in [0.2, 0.25) is 0 Å². The van der Waals surface area contributed by atoms with Crippen molar-refractivity contribution in [3.8, 4) is 17.5 Å². The zero-order valence-electron chi connectivity index (χ0n) is 7.68. The van der Waals surface area contributed by atoms with E-state index in [-0.39, 0.29) is 0 Å². The van der Waals surface area contributed by atoms with E-state index in [2.05, 4.69) is 9.97 Å². The van der Waals surface area contributed by atoms with Crippen molar-refractivity contribution in [2.45, 2.75) is 0 Å². The Hall–Kier alpha value is -1.92. The van der Waals surface area contributed by atoms with Gasteiger partial charge in [-0.05, 0) is 12.1 Å². The number of aromatic nitrogens is 2. The third-order valence-electron chi connectivity index (χ3n) is 1.90. The van der Waals surface area contributed by atoms with Crippen LogP contribution in [0.1, 0.15) is 5.56 Å². The Morgan fingerprint density at radius 1 is 1.13 bits per heavy atom. The number of nitrogens with zero attached hydrogens (tertiary/aromatic N) is 3. The maximum absolute atomic E-state index is 8.60. The van der Waals surface area contributed by atoms with Crippen LogP contribution in [0.15, 0.2) is 36.7 Å². The van der Waals surface area contributed by atoms with Crippen molar-refractivity contribution in [3.05, 3.63) is 47.2 Å². The summed E-state index contributed by atoms with van der Waals surface area (Å²) < 4.78 is 0. The summed E-state index contributed by atoms with van der Waals surface area (Å²) in [5.41, 5.74) is 1.20. The lowest BCUT2D eigenvalue weighted by atomic mass is 10.2. The largest absolute Gasteiger partial charge is 0.235 e. The van der Waals surface area contributed by atoms with Crippen molar-refractivity contribution in [2.24, 2.45) is 0 Å². The predicted octanol–water partition coefficient (Wildman–Crippen LogP) is 2.67. The smallest absolute Gasteiger partial charge is 0.160 e. The molecule has 0 radical (unpaired) electrons. The molecule has 1 heterocycles. The van der Waals surface area contributed by atoms with Gasteiger partial charge in [0.25, 0.3) is 0 Å². The van der Waals surface area contributed by atoms with Gasteiger partial charge >= 0.3 is 0 Å².